The summed E-state index contributed by atoms with van der Waals surface area (Å²) in [5.41, 5.74) is 5.28. The number of nitrogens with one attached hydrogen (secondary N) is 1. The topological polar surface area (TPSA) is 29.3 Å². The van der Waals surface area contributed by atoms with E-state index in [4.69, 9.17) is 16.6 Å². The van der Waals surface area contributed by atoms with Crippen molar-refractivity contribution in [3.63, 3.8) is 0 Å². The van der Waals surface area contributed by atoms with Crippen molar-refractivity contribution in [1.82, 2.24) is 9.38 Å². The third-order valence-electron chi connectivity index (χ3n) is 3.97. The van der Waals surface area contributed by atoms with Gasteiger partial charge >= 0.3 is 0 Å². The van der Waals surface area contributed by atoms with Crippen LogP contribution in [0.3, 0.4) is 0 Å². The van der Waals surface area contributed by atoms with Crippen LogP contribution in [0.1, 0.15) is 11.1 Å². The Morgan fingerprint density at radius 3 is 2.62 bits per heavy atom. The molecule has 0 saturated carbocycles. The molecule has 0 radical (unpaired) electrons. The summed E-state index contributed by atoms with van der Waals surface area (Å²) < 4.78 is 2.87. The van der Waals surface area contributed by atoms with Crippen LogP contribution in [0, 0.1) is 13.8 Å². The molecule has 3 heterocycles. The number of rotatable bonds is 3. The molecule has 1 aromatic carbocycles. The predicted molar refractivity (Wildman–Crippen MR) is 103 cm³/mol. The van der Waals surface area contributed by atoms with Crippen molar-refractivity contribution in [1.29, 1.82) is 0 Å². The summed E-state index contributed by atoms with van der Waals surface area (Å²) in [6.45, 7) is 4.18. The largest absolute Gasteiger partial charge is 0.339 e. The Labute approximate surface area is 149 Å². The molecule has 0 amide bonds. The number of para-hydroxylation sites is 1. The first-order chi connectivity index (χ1) is 11.6. The molecular formula is C19H16ClN3S. The average Bonchev–Trinajstić information content (AvgIpc) is 3.14. The first-order valence-electron chi connectivity index (χ1n) is 7.69. The van der Waals surface area contributed by atoms with Crippen molar-refractivity contribution < 1.29 is 0 Å². The Hall–Kier alpha value is -2.30. The van der Waals surface area contributed by atoms with Crippen LogP contribution in [0.4, 0.5) is 11.5 Å². The van der Waals surface area contributed by atoms with Gasteiger partial charge in [-0.05, 0) is 49.2 Å². The molecular weight excluding hydrogens is 338 g/mol. The number of hydrogen-bond donors (Lipinski definition) is 1. The molecule has 0 unspecified atom stereocenters. The van der Waals surface area contributed by atoms with E-state index < -0.39 is 0 Å². The number of anilines is 2. The number of aryl methyl sites for hydroxylation is 2. The van der Waals surface area contributed by atoms with Crippen LogP contribution in [-0.4, -0.2) is 9.38 Å². The van der Waals surface area contributed by atoms with Crippen LogP contribution >= 0.6 is 22.9 Å². The molecule has 5 heteroatoms. The summed E-state index contributed by atoms with van der Waals surface area (Å²) in [6, 6.07) is 16.3. The number of nitrogens with zero attached hydrogens (tertiary/aromatic N) is 2. The van der Waals surface area contributed by atoms with E-state index >= 15 is 0 Å². The molecule has 24 heavy (non-hydrogen) atoms. The molecule has 3 aromatic heterocycles. The van der Waals surface area contributed by atoms with Gasteiger partial charge in [0.1, 0.15) is 17.2 Å². The lowest BCUT2D eigenvalue weighted by Crippen LogP contribution is -1.98. The Morgan fingerprint density at radius 1 is 1.04 bits per heavy atom. The minimum atomic E-state index is 0.764. The van der Waals surface area contributed by atoms with Crippen LogP contribution in [0.25, 0.3) is 16.2 Å². The minimum absolute atomic E-state index is 0.764. The zero-order valence-corrected chi connectivity index (χ0v) is 14.9. The lowest BCUT2D eigenvalue weighted by molar-refractivity contribution is 1.15. The maximum atomic E-state index is 6.14. The molecule has 0 aliphatic heterocycles. The van der Waals surface area contributed by atoms with Gasteiger partial charge in [-0.3, -0.25) is 4.40 Å². The quantitative estimate of drug-likeness (QED) is 0.483. The lowest BCUT2D eigenvalue weighted by Gasteiger charge is -2.11. The fourth-order valence-electron chi connectivity index (χ4n) is 2.72. The molecule has 0 spiro atoms. The number of hydrogen-bond acceptors (Lipinski definition) is 3. The van der Waals surface area contributed by atoms with Crippen molar-refractivity contribution >= 4 is 40.1 Å². The molecule has 1 N–H and O–H groups in total. The van der Waals surface area contributed by atoms with E-state index in [-0.39, 0.29) is 0 Å². The van der Waals surface area contributed by atoms with Crippen molar-refractivity contribution in [3.05, 3.63) is 70.2 Å². The Morgan fingerprint density at radius 2 is 1.88 bits per heavy atom. The van der Waals surface area contributed by atoms with E-state index in [9.17, 15) is 0 Å². The number of imidazole rings is 1. The molecule has 3 nitrogen and oxygen atoms in total. The Kier molecular flexibility index (Phi) is 3.79. The Bertz CT molecular complexity index is 1030. The van der Waals surface area contributed by atoms with Gasteiger partial charge < -0.3 is 5.32 Å². The van der Waals surface area contributed by atoms with Crippen molar-refractivity contribution in [2.45, 2.75) is 13.8 Å². The first-order valence-corrected chi connectivity index (χ1v) is 8.88. The predicted octanol–water partition coefficient (Wildman–Crippen LogP) is 6.08. The molecule has 0 saturated heterocycles. The zero-order chi connectivity index (χ0) is 16.7. The third kappa shape index (κ3) is 2.68. The van der Waals surface area contributed by atoms with Gasteiger partial charge in [0.15, 0.2) is 0 Å². The summed E-state index contributed by atoms with van der Waals surface area (Å²) in [5.74, 6) is 0.960. The number of thiophene rings is 1. The van der Waals surface area contributed by atoms with Gasteiger partial charge in [0.05, 0.1) is 9.21 Å². The molecule has 0 aliphatic carbocycles. The van der Waals surface area contributed by atoms with E-state index in [2.05, 4.69) is 48.0 Å². The average molecular weight is 354 g/mol. The fourth-order valence-corrected chi connectivity index (χ4v) is 3.76. The van der Waals surface area contributed by atoms with Crippen molar-refractivity contribution in [3.8, 4) is 10.6 Å². The number of benzene rings is 1. The van der Waals surface area contributed by atoms with Crippen molar-refractivity contribution in [2.24, 2.45) is 0 Å². The van der Waals surface area contributed by atoms with Gasteiger partial charge in [-0.15, -0.1) is 11.3 Å². The smallest absolute Gasteiger partial charge is 0.144 e. The summed E-state index contributed by atoms with van der Waals surface area (Å²) in [7, 11) is 0. The van der Waals surface area contributed by atoms with Crippen molar-refractivity contribution in [2.75, 3.05) is 5.32 Å². The second-order valence-corrected chi connectivity index (χ2v) is 7.50. The molecule has 4 rings (SSSR count). The monoisotopic (exact) mass is 353 g/mol. The first kappa shape index (κ1) is 15.2. The van der Waals surface area contributed by atoms with Gasteiger partial charge in [-0.2, -0.15) is 0 Å². The van der Waals surface area contributed by atoms with Gasteiger partial charge in [-0.25, -0.2) is 4.98 Å². The second-order valence-electron chi connectivity index (χ2n) is 5.79. The standard InChI is InChI=1S/C19H16ClN3S/c1-12-7-10-17-22-18(15-8-9-16(20)24-15)19(23(17)11-12)21-14-6-4-3-5-13(14)2/h3-11,21H,1-2H3. The number of halogens is 1. The fraction of sp³-hybridized carbons (Fsp3) is 0.105. The maximum Gasteiger partial charge on any atom is 0.144 e. The molecule has 4 aromatic rings. The highest BCUT2D eigenvalue weighted by molar-refractivity contribution is 7.19. The summed E-state index contributed by atoms with van der Waals surface area (Å²) in [5, 5.41) is 3.56. The summed E-state index contributed by atoms with van der Waals surface area (Å²) in [4.78, 5) is 5.87. The SMILES string of the molecule is Cc1ccc2nc(-c3ccc(Cl)s3)c(Nc3ccccc3C)n2c1. The van der Waals surface area contributed by atoms with Gasteiger partial charge in [-0.1, -0.05) is 35.9 Å². The molecule has 120 valence electrons. The van der Waals surface area contributed by atoms with Crippen LogP contribution in [-0.2, 0) is 0 Å². The summed E-state index contributed by atoms with van der Waals surface area (Å²) >= 11 is 7.67. The minimum Gasteiger partial charge on any atom is -0.339 e. The van der Waals surface area contributed by atoms with Crippen LogP contribution in [0.5, 0.6) is 0 Å². The second kappa shape index (κ2) is 5.96. The van der Waals surface area contributed by atoms with E-state index in [0.717, 1.165) is 32.1 Å². The van der Waals surface area contributed by atoms with E-state index in [1.54, 1.807) is 0 Å². The van der Waals surface area contributed by atoms with Gasteiger partial charge in [0, 0.05) is 11.9 Å². The van der Waals surface area contributed by atoms with E-state index in [0.29, 0.717) is 0 Å². The number of aromatic nitrogens is 2. The van der Waals surface area contributed by atoms with Crippen LogP contribution in [0.2, 0.25) is 4.34 Å². The van der Waals surface area contributed by atoms with Gasteiger partial charge in [0.2, 0.25) is 0 Å². The molecule has 0 aliphatic rings. The third-order valence-corrected chi connectivity index (χ3v) is 5.21. The number of fused-ring (bicyclic) bond motifs is 1. The van der Waals surface area contributed by atoms with Gasteiger partial charge in [0.25, 0.3) is 0 Å². The Balaban J connectivity index is 1.93. The highest BCUT2D eigenvalue weighted by atomic mass is 35.5. The van der Waals surface area contributed by atoms with E-state index in [1.165, 1.54) is 22.5 Å². The highest BCUT2D eigenvalue weighted by Gasteiger charge is 2.16. The molecule has 0 fully saturated rings. The zero-order valence-electron chi connectivity index (χ0n) is 13.4. The highest BCUT2D eigenvalue weighted by Crippen LogP contribution is 2.37. The molecule has 0 atom stereocenters. The molecule has 0 bridgehead atoms. The number of pyridine rings is 1. The summed E-state index contributed by atoms with van der Waals surface area (Å²) in [6.07, 6.45) is 2.10. The van der Waals surface area contributed by atoms with Crippen LogP contribution < -0.4 is 5.32 Å². The van der Waals surface area contributed by atoms with Crippen LogP contribution in [0.15, 0.2) is 54.7 Å². The normalized spacial score (nSPS) is 11.1. The van der Waals surface area contributed by atoms with E-state index in [1.807, 2.05) is 30.3 Å². The maximum absolute atomic E-state index is 6.14. The lowest BCUT2D eigenvalue weighted by atomic mass is 10.2.